The molecule has 7 heteroatoms. The summed E-state index contributed by atoms with van der Waals surface area (Å²) < 4.78 is 0. The number of rotatable bonds is 2. The van der Waals surface area contributed by atoms with Crippen molar-refractivity contribution in [3.05, 3.63) is 16.3 Å². The van der Waals surface area contributed by atoms with Gasteiger partial charge >= 0.3 is 0 Å². The highest BCUT2D eigenvalue weighted by Gasteiger charge is 2.36. The third-order valence-corrected chi connectivity index (χ3v) is 4.97. The zero-order chi connectivity index (χ0) is 15.3. The quantitative estimate of drug-likeness (QED) is 0.854. The topological polar surface area (TPSA) is 89.2 Å². The van der Waals surface area contributed by atoms with Gasteiger partial charge in [0.25, 0.3) is 0 Å². The molecule has 3 rings (SSSR count). The lowest BCUT2D eigenvalue weighted by Gasteiger charge is -2.13. The molecule has 3 heterocycles. The van der Waals surface area contributed by atoms with Gasteiger partial charge in [-0.05, 0) is 19.4 Å². The van der Waals surface area contributed by atoms with Crippen LogP contribution in [0.2, 0.25) is 0 Å². The van der Waals surface area contributed by atoms with E-state index in [0.717, 1.165) is 20.7 Å². The van der Waals surface area contributed by atoms with E-state index in [4.69, 9.17) is 5.73 Å². The summed E-state index contributed by atoms with van der Waals surface area (Å²) in [6, 6.07) is 0. The fourth-order valence-electron chi connectivity index (χ4n) is 2.55. The number of nitrogen functional groups attached to an aromatic ring is 1. The van der Waals surface area contributed by atoms with Crippen molar-refractivity contribution >= 4 is 39.2 Å². The Bertz CT molecular complexity index is 768. The number of hydrogen-bond acceptors (Lipinski definition) is 6. The Morgan fingerprint density at radius 3 is 2.67 bits per heavy atom. The molecular formula is C14H16N4O2S. The number of imide groups is 1. The second-order valence-corrected chi connectivity index (χ2v) is 6.61. The fourth-order valence-corrected chi connectivity index (χ4v) is 3.61. The van der Waals surface area contributed by atoms with Crippen molar-refractivity contribution in [3.63, 3.8) is 0 Å². The highest BCUT2D eigenvalue weighted by atomic mass is 32.1. The number of nitrogens with two attached hydrogens (primary N) is 1. The van der Waals surface area contributed by atoms with Gasteiger partial charge in [0, 0.05) is 17.2 Å². The maximum Gasteiger partial charge on any atom is 0.232 e. The summed E-state index contributed by atoms with van der Waals surface area (Å²) in [6.07, 6.45) is 0.258. The third kappa shape index (κ3) is 2.17. The minimum atomic E-state index is -0.259. The Morgan fingerprint density at radius 1 is 1.33 bits per heavy atom. The number of carbonyl (C=O) groups excluding carboxylic acids is 2. The van der Waals surface area contributed by atoms with Crippen LogP contribution in [0.5, 0.6) is 0 Å². The molecule has 1 aliphatic heterocycles. The van der Waals surface area contributed by atoms with E-state index in [2.05, 4.69) is 9.97 Å². The van der Waals surface area contributed by atoms with Gasteiger partial charge in [-0.25, -0.2) is 9.97 Å². The summed E-state index contributed by atoms with van der Waals surface area (Å²) >= 11 is 1.55. The van der Waals surface area contributed by atoms with Crippen molar-refractivity contribution in [3.8, 4) is 0 Å². The van der Waals surface area contributed by atoms with Gasteiger partial charge in [0.15, 0.2) is 5.82 Å². The van der Waals surface area contributed by atoms with Crippen molar-refractivity contribution in [1.82, 2.24) is 14.9 Å². The molecule has 2 N–H and O–H groups in total. The first-order valence-corrected chi connectivity index (χ1v) is 7.56. The largest absolute Gasteiger partial charge is 0.383 e. The van der Waals surface area contributed by atoms with Gasteiger partial charge in [-0.15, -0.1) is 11.3 Å². The van der Waals surface area contributed by atoms with E-state index in [0.29, 0.717) is 11.6 Å². The van der Waals surface area contributed by atoms with Crippen LogP contribution in [-0.4, -0.2) is 26.7 Å². The van der Waals surface area contributed by atoms with Crippen LogP contribution in [0.3, 0.4) is 0 Å². The van der Waals surface area contributed by atoms with E-state index in [9.17, 15) is 9.59 Å². The number of hydrogen-bond donors (Lipinski definition) is 1. The van der Waals surface area contributed by atoms with E-state index in [1.165, 1.54) is 4.90 Å². The van der Waals surface area contributed by atoms with Crippen molar-refractivity contribution in [1.29, 1.82) is 0 Å². The van der Waals surface area contributed by atoms with Crippen LogP contribution in [0.1, 0.15) is 29.6 Å². The average molecular weight is 304 g/mol. The molecule has 0 bridgehead atoms. The summed E-state index contributed by atoms with van der Waals surface area (Å²) in [7, 11) is 0. The number of amides is 2. The molecule has 21 heavy (non-hydrogen) atoms. The van der Waals surface area contributed by atoms with Gasteiger partial charge in [0.05, 0.1) is 11.9 Å². The Balaban J connectivity index is 1.99. The van der Waals surface area contributed by atoms with Crippen LogP contribution < -0.4 is 5.73 Å². The normalized spacial score (nSPS) is 19.0. The Labute approximate surface area is 126 Å². The second kappa shape index (κ2) is 4.77. The number of aryl methyl sites for hydroxylation is 2. The van der Waals surface area contributed by atoms with Crippen molar-refractivity contribution in [2.45, 2.75) is 33.7 Å². The van der Waals surface area contributed by atoms with Gasteiger partial charge in [0.1, 0.15) is 10.6 Å². The maximum atomic E-state index is 11.9. The number of anilines is 1. The lowest BCUT2D eigenvalue weighted by atomic mass is 10.1. The molecule has 0 radical (unpaired) electrons. The van der Waals surface area contributed by atoms with Crippen LogP contribution in [-0.2, 0) is 16.1 Å². The second-order valence-electron chi connectivity index (χ2n) is 5.41. The third-order valence-electron chi connectivity index (χ3n) is 3.87. The number of nitrogens with zero attached hydrogens (tertiary/aromatic N) is 3. The monoisotopic (exact) mass is 304 g/mol. The summed E-state index contributed by atoms with van der Waals surface area (Å²) in [5, 5.41) is 0.869. The minimum Gasteiger partial charge on any atom is -0.383 e. The van der Waals surface area contributed by atoms with Crippen molar-refractivity contribution in [2.24, 2.45) is 5.92 Å². The SMILES string of the molecule is Cc1sc2nc(CN3C(=O)CC(C)C3=O)nc(N)c2c1C. The zero-order valence-corrected chi connectivity index (χ0v) is 13.0. The first kappa shape index (κ1) is 13.9. The number of fused-ring (bicyclic) bond motifs is 1. The number of likely N-dealkylation sites (tertiary alicyclic amines) is 1. The summed E-state index contributed by atoms with van der Waals surface area (Å²) in [5.74, 6) is 0.222. The first-order chi connectivity index (χ1) is 9.88. The number of thiophene rings is 1. The predicted octanol–water partition coefficient (Wildman–Crippen LogP) is 1.79. The predicted molar refractivity (Wildman–Crippen MR) is 80.6 cm³/mol. The van der Waals surface area contributed by atoms with E-state index in [-0.39, 0.29) is 30.7 Å². The van der Waals surface area contributed by atoms with Crippen LogP contribution >= 0.6 is 11.3 Å². The van der Waals surface area contributed by atoms with Gasteiger partial charge in [-0.3, -0.25) is 14.5 Å². The molecule has 1 atom stereocenters. The van der Waals surface area contributed by atoms with Gasteiger partial charge in [-0.1, -0.05) is 6.92 Å². The highest BCUT2D eigenvalue weighted by Crippen LogP contribution is 2.32. The molecular weight excluding hydrogens is 288 g/mol. The molecule has 2 amide bonds. The van der Waals surface area contributed by atoms with E-state index < -0.39 is 0 Å². The average Bonchev–Trinajstić information content (AvgIpc) is 2.82. The molecule has 1 aliphatic rings. The summed E-state index contributed by atoms with van der Waals surface area (Å²) in [6.45, 7) is 5.85. The molecule has 110 valence electrons. The highest BCUT2D eigenvalue weighted by molar-refractivity contribution is 7.18. The van der Waals surface area contributed by atoms with E-state index in [1.54, 1.807) is 18.3 Å². The molecule has 2 aromatic heterocycles. The summed E-state index contributed by atoms with van der Waals surface area (Å²) in [5.41, 5.74) is 7.09. The van der Waals surface area contributed by atoms with E-state index >= 15 is 0 Å². The lowest BCUT2D eigenvalue weighted by Crippen LogP contribution is -2.30. The number of aromatic nitrogens is 2. The van der Waals surface area contributed by atoms with Crippen LogP contribution in [0.15, 0.2) is 0 Å². The van der Waals surface area contributed by atoms with Gasteiger partial charge in [-0.2, -0.15) is 0 Å². The van der Waals surface area contributed by atoms with Gasteiger partial charge in [0.2, 0.25) is 11.8 Å². The van der Waals surface area contributed by atoms with Crippen LogP contribution in [0.4, 0.5) is 5.82 Å². The van der Waals surface area contributed by atoms with Crippen LogP contribution in [0.25, 0.3) is 10.2 Å². The van der Waals surface area contributed by atoms with Gasteiger partial charge < -0.3 is 5.73 Å². The molecule has 0 aromatic carbocycles. The minimum absolute atomic E-state index is 0.0954. The first-order valence-electron chi connectivity index (χ1n) is 6.74. The lowest BCUT2D eigenvalue weighted by molar-refractivity contribution is -0.140. The number of carbonyl (C=O) groups is 2. The van der Waals surface area contributed by atoms with E-state index in [1.807, 2.05) is 13.8 Å². The maximum absolute atomic E-state index is 11.9. The molecule has 2 aromatic rings. The Kier molecular flexibility index (Phi) is 3.16. The zero-order valence-electron chi connectivity index (χ0n) is 12.1. The molecule has 1 fully saturated rings. The molecule has 0 saturated carbocycles. The van der Waals surface area contributed by atoms with Crippen molar-refractivity contribution < 1.29 is 9.59 Å². The van der Waals surface area contributed by atoms with Crippen LogP contribution in [0, 0.1) is 19.8 Å². The molecule has 1 saturated heterocycles. The molecule has 6 nitrogen and oxygen atoms in total. The Morgan fingerprint density at radius 2 is 2.05 bits per heavy atom. The Hall–Kier alpha value is -2.02. The molecule has 1 unspecified atom stereocenters. The summed E-state index contributed by atoms with van der Waals surface area (Å²) in [4.78, 5) is 35.7. The molecule has 0 spiro atoms. The smallest absolute Gasteiger partial charge is 0.232 e. The standard InChI is InChI=1S/C14H16N4O2S/c1-6-4-10(19)18(14(6)20)5-9-16-12(15)11-7(2)8(3)21-13(11)17-9/h6H,4-5H2,1-3H3,(H2,15,16,17). The molecule has 0 aliphatic carbocycles. The van der Waals surface area contributed by atoms with Crippen molar-refractivity contribution in [2.75, 3.05) is 5.73 Å². The fraction of sp³-hybridized carbons (Fsp3) is 0.429.